The number of nitrogens with two attached hydrogens (primary N) is 1. The molecule has 15 heavy (non-hydrogen) atoms. The molecule has 0 aliphatic rings. The zero-order valence-electron chi connectivity index (χ0n) is 9.10. The molecular weight excluding hydrogens is 233 g/mol. The van der Waals surface area contributed by atoms with Crippen molar-refractivity contribution in [1.29, 1.82) is 0 Å². The molecule has 0 aliphatic heterocycles. The molecule has 0 aliphatic carbocycles. The molecule has 0 radical (unpaired) electrons. The number of ether oxygens (including phenoxy) is 1. The zero-order chi connectivity index (χ0) is 11.6. The molecule has 0 aromatic heterocycles. The SMILES string of the molecule is CCc1c(Cl)c(Cl)cc(C(C)N)c1OC. The molecule has 0 saturated heterocycles. The lowest BCUT2D eigenvalue weighted by molar-refractivity contribution is 0.402. The molecular formula is C11H15Cl2NO. The molecule has 2 nitrogen and oxygen atoms in total. The number of halogens is 2. The Morgan fingerprint density at radius 2 is 2.07 bits per heavy atom. The number of hydrogen-bond acceptors (Lipinski definition) is 2. The van der Waals surface area contributed by atoms with Gasteiger partial charge in [0.2, 0.25) is 0 Å². The standard InChI is InChI=1S/C11H15Cl2NO/c1-4-7-10(13)9(12)5-8(6(2)14)11(7)15-3/h5-6H,4,14H2,1-3H3. The molecule has 0 spiro atoms. The van der Waals surface area contributed by atoms with Crippen LogP contribution in [0.1, 0.15) is 31.0 Å². The lowest BCUT2D eigenvalue weighted by Gasteiger charge is -2.17. The summed E-state index contributed by atoms with van der Waals surface area (Å²) in [5.41, 5.74) is 7.66. The van der Waals surface area contributed by atoms with Crippen LogP contribution in [-0.4, -0.2) is 7.11 Å². The van der Waals surface area contributed by atoms with Crippen molar-refractivity contribution in [3.05, 3.63) is 27.2 Å². The van der Waals surface area contributed by atoms with Crippen LogP contribution in [0.25, 0.3) is 0 Å². The number of benzene rings is 1. The minimum absolute atomic E-state index is 0.125. The van der Waals surface area contributed by atoms with E-state index in [0.29, 0.717) is 10.0 Å². The van der Waals surface area contributed by atoms with E-state index in [1.165, 1.54) is 0 Å². The largest absolute Gasteiger partial charge is 0.496 e. The molecule has 0 saturated carbocycles. The third-order valence-electron chi connectivity index (χ3n) is 2.34. The summed E-state index contributed by atoms with van der Waals surface area (Å²) < 4.78 is 5.34. The molecule has 0 amide bonds. The summed E-state index contributed by atoms with van der Waals surface area (Å²) in [7, 11) is 1.62. The first kappa shape index (κ1) is 12.6. The van der Waals surface area contributed by atoms with Crippen molar-refractivity contribution in [2.45, 2.75) is 26.3 Å². The highest BCUT2D eigenvalue weighted by atomic mass is 35.5. The first-order valence-electron chi connectivity index (χ1n) is 4.83. The fourth-order valence-corrected chi connectivity index (χ4v) is 2.08. The quantitative estimate of drug-likeness (QED) is 0.887. The fourth-order valence-electron chi connectivity index (χ4n) is 1.58. The molecule has 1 aromatic rings. The Kier molecular flexibility index (Phi) is 4.26. The summed E-state index contributed by atoms with van der Waals surface area (Å²) >= 11 is 12.1. The van der Waals surface area contributed by atoms with Crippen LogP contribution in [0.4, 0.5) is 0 Å². The predicted molar refractivity (Wildman–Crippen MR) is 65.0 cm³/mol. The lowest BCUT2D eigenvalue weighted by atomic mass is 10.0. The van der Waals surface area contributed by atoms with Gasteiger partial charge in [-0.15, -0.1) is 0 Å². The Morgan fingerprint density at radius 1 is 1.47 bits per heavy atom. The average molecular weight is 248 g/mol. The average Bonchev–Trinajstić information content (AvgIpc) is 2.20. The highest BCUT2D eigenvalue weighted by Gasteiger charge is 2.17. The number of methoxy groups -OCH3 is 1. The first-order chi connectivity index (χ1) is 7.02. The van der Waals surface area contributed by atoms with Crippen LogP contribution in [0.2, 0.25) is 10.0 Å². The van der Waals surface area contributed by atoms with Crippen LogP contribution >= 0.6 is 23.2 Å². The lowest BCUT2D eigenvalue weighted by Crippen LogP contribution is -2.09. The fraction of sp³-hybridized carbons (Fsp3) is 0.455. The molecule has 84 valence electrons. The van der Waals surface area contributed by atoms with Gasteiger partial charge in [-0.1, -0.05) is 30.1 Å². The van der Waals surface area contributed by atoms with Gasteiger partial charge in [0.25, 0.3) is 0 Å². The van der Waals surface area contributed by atoms with Gasteiger partial charge in [0.15, 0.2) is 0 Å². The van der Waals surface area contributed by atoms with E-state index in [4.69, 9.17) is 33.7 Å². The monoisotopic (exact) mass is 247 g/mol. The summed E-state index contributed by atoms with van der Waals surface area (Å²) in [6.45, 7) is 3.90. The Labute approximate surface area is 100 Å². The number of rotatable bonds is 3. The van der Waals surface area contributed by atoms with Crippen LogP contribution in [0.3, 0.4) is 0 Å². The molecule has 2 N–H and O–H groups in total. The molecule has 1 aromatic carbocycles. The van der Waals surface area contributed by atoms with Gasteiger partial charge >= 0.3 is 0 Å². The van der Waals surface area contributed by atoms with Crippen molar-refractivity contribution in [2.24, 2.45) is 5.73 Å². The Balaban J connectivity index is 3.47. The van der Waals surface area contributed by atoms with Gasteiger partial charge in [-0.2, -0.15) is 0 Å². The van der Waals surface area contributed by atoms with Crippen molar-refractivity contribution in [2.75, 3.05) is 7.11 Å². The van der Waals surface area contributed by atoms with Crippen LogP contribution in [0.5, 0.6) is 5.75 Å². The van der Waals surface area contributed by atoms with Gasteiger partial charge < -0.3 is 10.5 Å². The highest BCUT2D eigenvalue weighted by Crippen LogP contribution is 2.38. The van der Waals surface area contributed by atoms with E-state index in [-0.39, 0.29) is 6.04 Å². The van der Waals surface area contributed by atoms with E-state index in [0.717, 1.165) is 23.3 Å². The van der Waals surface area contributed by atoms with Gasteiger partial charge in [-0.3, -0.25) is 0 Å². The summed E-state index contributed by atoms with van der Waals surface area (Å²) in [4.78, 5) is 0. The summed E-state index contributed by atoms with van der Waals surface area (Å²) in [5, 5.41) is 1.09. The second-order valence-electron chi connectivity index (χ2n) is 3.42. The third kappa shape index (κ3) is 2.39. The van der Waals surface area contributed by atoms with Gasteiger partial charge in [0.05, 0.1) is 17.2 Å². The molecule has 4 heteroatoms. The van der Waals surface area contributed by atoms with Crippen molar-refractivity contribution in [1.82, 2.24) is 0 Å². The van der Waals surface area contributed by atoms with Crippen molar-refractivity contribution in [3.63, 3.8) is 0 Å². The molecule has 1 atom stereocenters. The minimum Gasteiger partial charge on any atom is -0.496 e. The Morgan fingerprint density at radius 3 is 2.47 bits per heavy atom. The van der Waals surface area contributed by atoms with Crippen LogP contribution < -0.4 is 10.5 Å². The predicted octanol–water partition coefficient (Wildman–Crippen LogP) is 3.58. The Bertz CT molecular complexity index is 364. The van der Waals surface area contributed by atoms with Crippen LogP contribution in [-0.2, 0) is 6.42 Å². The van der Waals surface area contributed by atoms with Crippen LogP contribution in [0, 0.1) is 0 Å². The summed E-state index contributed by atoms with van der Waals surface area (Å²) in [6.07, 6.45) is 0.766. The minimum atomic E-state index is -0.125. The van der Waals surface area contributed by atoms with Crippen molar-refractivity contribution >= 4 is 23.2 Å². The molecule has 1 rings (SSSR count). The smallest absolute Gasteiger partial charge is 0.128 e. The summed E-state index contributed by atoms with van der Waals surface area (Å²) in [5.74, 6) is 0.752. The molecule has 0 heterocycles. The van der Waals surface area contributed by atoms with E-state index >= 15 is 0 Å². The van der Waals surface area contributed by atoms with E-state index < -0.39 is 0 Å². The Hall–Kier alpha value is -0.440. The van der Waals surface area contributed by atoms with E-state index in [1.807, 2.05) is 13.8 Å². The maximum absolute atomic E-state index is 6.10. The van der Waals surface area contributed by atoms with Gasteiger partial charge in [-0.25, -0.2) is 0 Å². The van der Waals surface area contributed by atoms with Crippen LogP contribution in [0.15, 0.2) is 6.07 Å². The van der Waals surface area contributed by atoms with Crippen molar-refractivity contribution in [3.8, 4) is 5.75 Å². The second-order valence-corrected chi connectivity index (χ2v) is 4.20. The highest BCUT2D eigenvalue weighted by molar-refractivity contribution is 6.42. The van der Waals surface area contributed by atoms with Crippen molar-refractivity contribution < 1.29 is 4.74 Å². The zero-order valence-corrected chi connectivity index (χ0v) is 10.6. The molecule has 0 fully saturated rings. The van der Waals surface area contributed by atoms with Gasteiger partial charge in [-0.05, 0) is 19.4 Å². The first-order valence-corrected chi connectivity index (χ1v) is 5.58. The normalized spacial score (nSPS) is 12.7. The van der Waals surface area contributed by atoms with E-state index in [1.54, 1.807) is 13.2 Å². The maximum Gasteiger partial charge on any atom is 0.128 e. The third-order valence-corrected chi connectivity index (χ3v) is 3.17. The topological polar surface area (TPSA) is 35.2 Å². The van der Waals surface area contributed by atoms with Gasteiger partial charge in [0.1, 0.15) is 5.75 Å². The summed E-state index contributed by atoms with van der Waals surface area (Å²) in [6, 6.07) is 1.65. The second kappa shape index (κ2) is 5.06. The van der Waals surface area contributed by atoms with Gasteiger partial charge in [0, 0.05) is 17.2 Å². The molecule has 0 bridgehead atoms. The van der Waals surface area contributed by atoms with E-state index in [9.17, 15) is 0 Å². The maximum atomic E-state index is 6.10. The van der Waals surface area contributed by atoms with E-state index in [2.05, 4.69) is 0 Å². The number of hydrogen-bond donors (Lipinski definition) is 1. The molecule has 1 unspecified atom stereocenters.